The van der Waals surface area contributed by atoms with E-state index < -0.39 is 69.6 Å². The van der Waals surface area contributed by atoms with Crippen LogP contribution in [0, 0.1) is 0 Å². The van der Waals surface area contributed by atoms with Crippen LogP contribution in [0.15, 0.2) is 17.1 Å². The Morgan fingerprint density at radius 3 is 2.31 bits per heavy atom. The molecule has 1 saturated heterocycles. The van der Waals surface area contributed by atoms with Gasteiger partial charge in [0.05, 0.1) is 12.7 Å². The van der Waals surface area contributed by atoms with Crippen molar-refractivity contribution < 1.29 is 69.2 Å². The Hall–Kier alpha value is -1.08. The lowest BCUT2D eigenvalue weighted by Crippen LogP contribution is -2.48. The molecule has 1 aromatic rings. The Labute approximate surface area is 177 Å². The number of anilines is 1. The van der Waals surface area contributed by atoms with E-state index >= 15 is 0 Å². The van der Waals surface area contributed by atoms with Crippen LogP contribution in [0.1, 0.15) is 6.42 Å². The van der Waals surface area contributed by atoms with E-state index in [4.69, 9.17) is 25.2 Å². The third-order valence-corrected chi connectivity index (χ3v) is 8.71. The lowest BCUT2D eigenvalue weighted by Gasteiger charge is -2.27. The smallest absolute Gasteiger partial charge is 0.390 e. The molecule has 1 aliphatic heterocycles. The van der Waals surface area contributed by atoms with Gasteiger partial charge >= 0.3 is 39.3 Å². The molecule has 23 heteroatoms. The lowest BCUT2D eigenvalue weighted by atomic mass is 10.2. The van der Waals surface area contributed by atoms with Gasteiger partial charge < -0.3 is 35.2 Å². The molecule has 2 heterocycles. The fourth-order valence-corrected chi connectivity index (χ4v) is 6.54. The van der Waals surface area contributed by atoms with Crippen LogP contribution in [0.5, 0.6) is 0 Å². The van der Waals surface area contributed by atoms with Crippen LogP contribution in [-0.4, -0.2) is 66.0 Å². The number of phosphoric ester groups is 1. The maximum atomic E-state index is 12.0. The van der Waals surface area contributed by atoms with Gasteiger partial charge in [-0.15, -0.1) is 0 Å². The molecule has 0 amide bonds. The van der Waals surface area contributed by atoms with E-state index in [0.29, 0.717) is 0 Å². The van der Waals surface area contributed by atoms with Gasteiger partial charge in [0.25, 0.3) is 5.06 Å². The Balaban J connectivity index is 2.24. The van der Waals surface area contributed by atoms with Crippen molar-refractivity contribution in [1.29, 1.82) is 0 Å². The first-order valence-electron chi connectivity index (χ1n) is 7.74. The summed E-state index contributed by atoms with van der Waals surface area (Å²) in [6, 6.07) is 0.962. The molecule has 0 radical (unpaired) electrons. The maximum Gasteiger partial charge on any atom is 0.490 e. The summed E-state index contributed by atoms with van der Waals surface area (Å²) in [6.07, 6.45) is -3.99. The Bertz CT molecular complexity index is 1180. The molecule has 2 unspecified atom stereocenters. The van der Waals surface area contributed by atoms with Gasteiger partial charge in [-0.2, -0.15) is 22.0 Å². The van der Waals surface area contributed by atoms with E-state index in [2.05, 4.69) is 18.1 Å². The van der Waals surface area contributed by atoms with Crippen molar-refractivity contribution in [2.45, 2.75) is 23.7 Å². The molecule has 1 aliphatic rings. The van der Waals surface area contributed by atoms with Gasteiger partial charge in [-0.05, 0) is 6.07 Å². The van der Waals surface area contributed by atoms with Crippen LogP contribution < -0.4 is 11.4 Å². The number of phosphoric acid groups is 3. The summed E-state index contributed by atoms with van der Waals surface area (Å²) in [4.78, 5) is 50.7. The summed E-state index contributed by atoms with van der Waals surface area (Å²) in [5.41, 5.74) is 3.98. The van der Waals surface area contributed by atoms with Crippen molar-refractivity contribution in [2.24, 2.45) is 0 Å². The second-order valence-electron chi connectivity index (χ2n) is 6.01. The van der Waals surface area contributed by atoms with E-state index in [0.717, 1.165) is 12.3 Å². The number of aliphatic hydroxyl groups excluding tert-OH is 1. The predicted molar refractivity (Wildman–Crippen MR) is 97.7 cm³/mol. The summed E-state index contributed by atoms with van der Waals surface area (Å²) in [5.74, 6) is -0.320. The van der Waals surface area contributed by atoms with Crippen molar-refractivity contribution >= 4 is 39.4 Å². The molecule has 8 N–H and O–H groups in total. The zero-order chi connectivity index (χ0) is 24.8. The van der Waals surface area contributed by atoms with Gasteiger partial charge in [-0.25, -0.2) is 18.5 Å². The standard InChI is InChI=1S/C9H16N3O16P3S/c10-7-1-2-12(8(14)11-7)9(32(22,23)24)3-5(13)6(26-9)4-25-30(18,19)28-31(20,21)27-29(15,16)17/h1-2,5-6,13H,3-4H2,(H,18,19)(H,20,21)(H2,10,11,14)(H2,15,16,17)(H,22,23,24)/t5-,6+,9-/m0/s1. The van der Waals surface area contributed by atoms with Gasteiger partial charge in [0.2, 0.25) is 0 Å². The summed E-state index contributed by atoms with van der Waals surface area (Å²) in [5, 5.41) is 7.13. The van der Waals surface area contributed by atoms with Crippen molar-refractivity contribution in [3.8, 4) is 0 Å². The third kappa shape index (κ3) is 6.49. The molecular weight excluding hydrogens is 531 g/mol. The van der Waals surface area contributed by atoms with Gasteiger partial charge in [0.15, 0.2) is 0 Å². The first-order chi connectivity index (χ1) is 14.3. The highest BCUT2D eigenvalue weighted by atomic mass is 32.2. The Kier molecular flexibility index (Phi) is 7.59. The molecule has 0 aliphatic carbocycles. The highest BCUT2D eigenvalue weighted by molar-refractivity contribution is 7.86. The summed E-state index contributed by atoms with van der Waals surface area (Å²) >= 11 is 0. The average Bonchev–Trinajstić information content (AvgIpc) is 2.87. The maximum absolute atomic E-state index is 12.0. The molecular formula is C9H16N3O16P3S. The van der Waals surface area contributed by atoms with E-state index in [9.17, 15) is 41.5 Å². The highest BCUT2D eigenvalue weighted by Gasteiger charge is 2.57. The molecule has 0 bridgehead atoms. The van der Waals surface area contributed by atoms with Crippen LogP contribution in [-0.2, 0) is 46.8 Å². The zero-order valence-corrected chi connectivity index (χ0v) is 18.7. The van der Waals surface area contributed by atoms with Crippen LogP contribution in [0.2, 0.25) is 0 Å². The molecule has 184 valence electrons. The minimum Gasteiger partial charge on any atom is -0.390 e. The van der Waals surface area contributed by atoms with E-state index in [1.807, 2.05) is 0 Å². The van der Waals surface area contributed by atoms with Crippen LogP contribution >= 0.6 is 23.5 Å². The van der Waals surface area contributed by atoms with Crippen LogP contribution in [0.25, 0.3) is 0 Å². The Morgan fingerprint density at radius 1 is 1.22 bits per heavy atom. The van der Waals surface area contributed by atoms with Crippen molar-refractivity contribution in [2.75, 3.05) is 12.3 Å². The molecule has 0 aromatic carbocycles. The summed E-state index contributed by atoms with van der Waals surface area (Å²) < 4.78 is 83.8. The molecule has 1 fully saturated rings. The third-order valence-electron chi connectivity index (χ3n) is 3.64. The second-order valence-corrected chi connectivity index (χ2v) is 12.0. The zero-order valence-electron chi connectivity index (χ0n) is 15.2. The fourth-order valence-electron chi connectivity index (χ4n) is 2.50. The SMILES string of the molecule is Nc1ccn([C@@]2(S(=O)(=O)O)C[C@H](O)[C@@H](COP(=O)(O)OP(=O)(O)OP(=O)(O)O)O2)c(=O)n1. The molecule has 1 aromatic heterocycles. The van der Waals surface area contributed by atoms with Gasteiger partial charge in [0, 0.05) is 12.6 Å². The van der Waals surface area contributed by atoms with Crippen molar-refractivity contribution in [1.82, 2.24) is 9.55 Å². The quantitative estimate of drug-likeness (QED) is 0.128. The Morgan fingerprint density at radius 2 is 1.81 bits per heavy atom. The van der Waals surface area contributed by atoms with Crippen molar-refractivity contribution in [3.63, 3.8) is 0 Å². The number of aromatic nitrogens is 2. The molecule has 0 spiro atoms. The minimum atomic E-state index is -5.83. The first kappa shape index (κ1) is 27.2. The summed E-state index contributed by atoms with van der Waals surface area (Å²) in [6.45, 7) is -1.25. The average molecular weight is 547 g/mol. The number of hydrogen-bond donors (Lipinski definition) is 7. The number of nitrogens with two attached hydrogens (primary N) is 1. The van der Waals surface area contributed by atoms with Gasteiger partial charge in [-0.3, -0.25) is 13.6 Å². The van der Waals surface area contributed by atoms with E-state index in [1.54, 1.807) is 0 Å². The number of nitrogen functional groups attached to an aromatic ring is 1. The summed E-state index contributed by atoms with van der Waals surface area (Å²) in [7, 11) is -22.4. The monoisotopic (exact) mass is 547 g/mol. The first-order valence-corrected chi connectivity index (χ1v) is 13.7. The number of aliphatic hydroxyl groups is 1. The molecule has 19 nitrogen and oxygen atoms in total. The number of hydrogen-bond acceptors (Lipinski definition) is 13. The minimum absolute atomic E-state index is 0.271. The highest BCUT2D eigenvalue weighted by Crippen LogP contribution is 2.66. The van der Waals surface area contributed by atoms with Crippen LogP contribution in [0.3, 0.4) is 0 Å². The number of nitrogens with zero attached hydrogens (tertiary/aromatic N) is 2. The number of rotatable bonds is 9. The largest absolute Gasteiger partial charge is 0.490 e. The van der Waals surface area contributed by atoms with Crippen LogP contribution in [0.4, 0.5) is 5.82 Å². The fraction of sp³-hybridized carbons (Fsp3) is 0.556. The lowest BCUT2D eigenvalue weighted by molar-refractivity contribution is -0.0719. The molecule has 2 rings (SSSR count). The number of ether oxygens (including phenoxy) is 1. The van der Waals surface area contributed by atoms with E-state index in [-0.39, 0.29) is 10.4 Å². The normalized spacial score (nSPS) is 28.2. The molecule has 5 atom stereocenters. The second kappa shape index (κ2) is 8.94. The van der Waals surface area contributed by atoms with Gasteiger partial charge in [-0.1, -0.05) is 0 Å². The topological polar surface area (TPSA) is 305 Å². The molecule has 32 heavy (non-hydrogen) atoms. The predicted octanol–water partition coefficient (Wildman–Crippen LogP) is -2.18. The molecule has 0 saturated carbocycles. The van der Waals surface area contributed by atoms with E-state index in [1.165, 1.54) is 0 Å². The van der Waals surface area contributed by atoms with Crippen molar-refractivity contribution in [3.05, 3.63) is 22.7 Å². The van der Waals surface area contributed by atoms with Gasteiger partial charge in [0.1, 0.15) is 11.9 Å².